The number of aromatic nitrogens is 2. The number of anilines is 1. The van der Waals surface area contributed by atoms with Crippen molar-refractivity contribution in [3.05, 3.63) is 132 Å². The van der Waals surface area contributed by atoms with Crippen molar-refractivity contribution in [3.63, 3.8) is 0 Å². The Labute approximate surface area is 255 Å². The fourth-order valence-electron chi connectivity index (χ4n) is 4.80. The SMILES string of the molecule is CCN(CCOc1ccc(C[C@H](Nc2ccccc2C(=O)c2ccccc2)C(=O)O)cc1)C(=O)c1cnc2ccccc2n1. The summed E-state index contributed by atoms with van der Waals surface area (Å²) in [7, 11) is 0. The van der Waals surface area contributed by atoms with Crippen LogP contribution in [0, 0.1) is 0 Å². The molecule has 1 aromatic heterocycles. The third kappa shape index (κ3) is 7.25. The van der Waals surface area contributed by atoms with Crippen LogP contribution in [-0.2, 0) is 11.2 Å². The Morgan fingerprint density at radius 1 is 0.864 bits per heavy atom. The molecule has 0 aliphatic heterocycles. The van der Waals surface area contributed by atoms with Crippen molar-refractivity contribution in [2.45, 2.75) is 19.4 Å². The van der Waals surface area contributed by atoms with E-state index in [1.54, 1.807) is 77.7 Å². The molecule has 5 rings (SSSR count). The smallest absolute Gasteiger partial charge is 0.326 e. The molecule has 9 heteroatoms. The van der Waals surface area contributed by atoms with Crippen molar-refractivity contribution < 1.29 is 24.2 Å². The molecule has 5 aromatic rings. The molecular formula is C35H32N4O5. The lowest BCUT2D eigenvalue weighted by Crippen LogP contribution is -2.35. The largest absolute Gasteiger partial charge is 0.492 e. The Morgan fingerprint density at radius 3 is 2.27 bits per heavy atom. The molecule has 0 fully saturated rings. The molecule has 1 amide bonds. The summed E-state index contributed by atoms with van der Waals surface area (Å²) in [6, 6.07) is 29.4. The second-order valence-corrected chi connectivity index (χ2v) is 10.1. The molecule has 0 aliphatic rings. The minimum absolute atomic E-state index is 0.187. The highest BCUT2D eigenvalue weighted by Crippen LogP contribution is 2.22. The van der Waals surface area contributed by atoms with E-state index in [1.807, 2.05) is 37.3 Å². The highest BCUT2D eigenvalue weighted by atomic mass is 16.5. The molecule has 9 nitrogen and oxygen atoms in total. The average molecular weight is 589 g/mol. The molecule has 0 radical (unpaired) electrons. The van der Waals surface area contributed by atoms with Gasteiger partial charge in [-0.15, -0.1) is 0 Å². The number of likely N-dealkylation sites (N-methyl/N-ethyl adjacent to an activating group) is 1. The Balaban J connectivity index is 1.18. The second kappa shape index (κ2) is 14.1. The summed E-state index contributed by atoms with van der Waals surface area (Å²) in [4.78, 5) is 48.7. The number of rotatable bonds is 13. The molecule has 4 aromatic carbocycles. The van der Waals surface area contributed by atoms with Gasteiger partial charge in [0.05, 0.1) is 23.8 Å². The van der Waals surface area contributed by atoms with Crippen molar-refractivity contribution in [1.29, 1.82) is 0 Å². The zero-order chi connectivity index (χ0) is 30.9. The van der Waals surface area contributed by atoms with E-state index in [4.69, 9.17) is 4.74 Å². The van der Waals surface area contributed by atoms with Gasteiger partial charge in [0.15, 0.2) is 5.78 Å². The first kappa shape index (κ1) is 29.9. The van der Waals surface area contributed by atoms with Crippen LogP contribution < -0.4 is 10.1 Å². The van der Waals surface area contributed by atoms with Crippen molar-refractivity contribution in [2.75, 3.05) is 25.0 Å². The van der Waals surface area contributed by atoms with Gasteiger partial charge in [-0.1, -0.05) is 66.7 Å². The van der Waals surface area contributed by atoms with E-state index in [9.17, 15) is 19.5 Å². The molecule has 0 unspecified atom stereocenters. The number of nitrogens with one attached hydrogen (secondary N) is 1. The lowest BCUT2D eigenvalue weighted by molar-refractivity contribution is -0.137. The Bertz CT molecular complexity index is 1760. The van der Waals surface area contributed by atoms with Gasteiger partial charge < -0.3 is 20.1 Å². The van der Waals surface area contributed by atoms with Gasteiger partial charge >= 0.3 is 5.97 Å². The number of hydrogen-bond donors (Lipinski definition) is 2. The predicted octanol–water partition coefficient (Wildman–Crippen LogP) is 5.51. The maximum Gasteiger partial charge on any atom is 0.326 e. The summed E-state index contributed by atoms with van der Waals surface area (Å²) in [5.41, 5.74) is 3.84. The minimum Gasteiger partial charge on any atom is -0.492 e. The second-order valence-electron chi connectivity index (χ2n) is 10.1. The van der Waals surface area contributed by atoms with E-state index in [0.29, 0.717) is 41.2 Å². The molecule has 2 N–H and O–H groups in total. The van der Waals surface area contributed by atoms with Gasteiger partial charge in [-0.05, 0) is 48.9 Å². The maximum absolute atomic E-state index is 13.1. The average Bonchev–Trinajstić information content (AvgIpc) is 3.07. The van der Waals surface area contributed by atoms with Gasteiger partial charge in [-0.3, -0.25) is 14.6 Å². The number of ketones is 1. The normalized spacial score (nSPS) is 11.5. The molecule has 44 heavy (non-hydrogen) atoms. The quantitative estimate of drug-likeness (QED) is 0.173. The standard InChI is InChI=1S/C35H32N4O5/c1-2-39(34(41)32-23-36-29-14-8-9-15-30(29)38-32)20-21-44-26-18-16-24(17-19-26)22-31(35(42)43)37-28-13-7-6-12-27(28)33(40)25-10-4-3-5-11-25/h3-19,23,31,37H,2,20-22H2,1H3,(H,42,43)/t31-/m0/s1. The summed E-state index contributed by atoms with van der Waals surface area (Å²) in [5.74, 6) is -0.842. The molecule has 0 aliphatic carbocycles. The highest BCUT2D eigenvalue weighted by Gasteiger charge is 2.22. The predicted molar refractivity (Wildman–Crippen MR) is 168 cm³/mol. The van der Waals surface area contributed by atoms with Crippen LogP contribution in [0.3, 0.4) is 0 Å². The highest BCUT2D eigenvalue weighted by molar-refractivity contribution is 6.12. The van der Waals surface area contributed by atoms with Gasteiger partial charge in [-0.2, -0.15) is 0 Å². The molecule has 1 heterocycles. The van der Waals surface area contributed by atoms with Gasteiger partial charge in [-0.25, -0.2) is 9.78 Å². The van der Waals surface area contributed by atoms with Gasteiger partial charge in [0, 0.05) is 29.8 Å². The van der Waals surface area contributed by atoms with Crippen LogP contribution in [0.1, 0.15) is 38.9 Å². The number of benzene rings is 4. The summed E-state index contributed by atoms with van der Waals surface area (Å²) in [6.45, 7) is 3.01. The molecule has 0 saturated carbocycles. The summed E-state index contributed by atoms with van der Waals surface area (Å²) < 4.78 is 5.88. The van der Waals surface area contributed by atoms with E-state index in [0.717, 1.165) is 11.1 Å². The number of nitrogens with zero attached hydrogens (tertiary/aromatic N) is 3. The van der Waals surface area contributed by atoms with Crippen LogP contribution in [0.4, 0.5) is 5.69 Å². The van der Waals surface area contributed by atoms with Crippen LogP contribution in [-0.4, -0.2) is 63.4 Å². The number of carboxylic acid groups (broad SMARTS) is 1. The monoisotopic (exact) mass is 588 g/mol. The van der Waals surface area contributed by atoms with Crippen LogP contribution >= 0.6 is 0 Å². The summed E-state index contributed by atoms with van der Waals surface area (Å²) >= 11 is 0. The summed E-state index contributed by atoms with van der Waals surface area (Å²) in [6.07, 6.45) is 1.68. The van der Waals surface area contributed by atoms with Gasteiger partial charge in [0.25, 0.3) is 5.91 Å². The van der Waals surface area contributed by atoms with E-state index >= 15 is 0 Å². The van der Waals surface area contributed by atoms with E-state index in [2.05, 4.69) is 15.3 Å². The Kier molecular flexibility index (Phi) is 9.56. The van der Waals surface area contributed by atoms with Crippen LogP contribution in [0.15, 0.2) is 109 Å². The first-order valence-electron chi connectivity index (χ1n) is 14.3. The minimum atomic E-state index is -1.03. The third-order valence-electron chi connectivity index (χ3n) is 7.17. The number of fused-ring (bicyclic) bond motifs is 1. The lowest BCUT2D eigenvalue weighted by atomic mass is 10.00. The number of aliphatic carboxylic acids is 1. The first-order chi connectivity index (χ1) is 21.4. The van der Waals surface area contributed by atoms with Crippen molar-refractivity contribution in [2.24, 2.45) is 0 Å². The van der Waals surface area contributed by atoms with E-state index in [-0.39, 0.29) is 30.4 Å². The number of para-hydroxylation sites is 3. The molecule has 222 valence electrons. The molecular weight excluding hydrogens is 556 g/mol. The van der Waals surface area contributed by atoms with Crippen molar-refractivity contribution >= 4 is 34.4 Å². The van der Waals surface area contributed by atoms with Crippen LogP contribution in [0.2, 0.25) is 0 Å². The number of ether oxygens (including phenoxy) is 1. The molecule has 1 atom stereocenters. The zero-order valence-corrected chi connectivity index (χ0v) is 24.2. The van der Waals surface area contributed by atoms with Crippen LogP contribution in [0.25, 0.3) is 11.0 Å². The van der Waals surface area contributed by atoms with E-state index < -0.39 is 12.0 Å². The fourth-order valence-corrected chi connectivity index (χ4v) is 4.80. The zero-order valence-electron chi connectivity index (χ0n) is 24.2. The lowest BCUT2D eigenvalue weighted by Gasteiger charge is -2.21. The van der Waals surface area contributed by atoms with Crippen molar-refractivity contribution in [3.8, 4) is 5.75 Å². The van der Waals surface area contributed by atoms with Gasteiger partial charge in [0.1, 0.15) is 24.1 Å². The Morgan fingerprint density at radius 2 is 1.55 bits per heavy atom. The Hall–Kier alpha value is -5.57. The fraction of sp³-hybridized carbons (Fsp3) is 0.171. The number of carbonyl (C=O) groups excluding carboxylic acids is 2. The number of carbonyl (C=O) groups is 3. The molecule has 0 saturated heterocycles. The van der Waals surface area contributed by atoms with Gasteiger partial charge in [0.2, 0.25) is 0 Å². The first-order valence-corrected chi connectivity index (χ1v) is 14.3. The molecule has 0 bridgehead atoms. The topological polar surface area (TPSA) is 122 Å². The molecule has 0 spiro atoms. The maximum atomic E-state index is 13.1. The number of hydrogen-bond acceptors (Lipinski definition) is 7. The third-order valence-corrected chi connectivity index (χ3v) is 7.17. The number of amides is 1. The number of carboxylic acids is 1. The van der Waals surface area contributed by atoms with Crippen molar-refractivity contribution in [1.82, 2.24) is 14.9 Å². The van der Waals surface area contributed by atoms with E-state index in [1.165, 1.54) is 6.20 Å². The van der Waals surface area contributed by atoms with Crippen LogP contribution in [0.5, 0.6) is 5.75 Å². The summed E-state index contributed by atoms with van der Waals surface area (Å²) in [5, 5.41) is 13.0.